The zero-order chi connectivity index (χ0) is 19.7. The number of hydrogen-bond acceptors (Lipinski definition) is 5. The number of benzene rings is 2. The predicted molar refractivity (Wildman–Crippen MR) is 104 cm³/mol. The van der Waals surface area contributed by atoms with E-state index in [4.69, 9.17) is 5.73 Å². The summed E-state index contributed by atoms with van der Waals surface area (Å²) in [6.07, 6.45) is 3.25. The standard InChI is InChI=1S/C21H14FN5O/c22-16-3-1-13(8-23)18(7-16)15-5-14(10-25-11-15)12-2-4-17-19(6-12)20(9-24)26-27-21(17)28/h1-7,10-11H,9,24H2,(H,27,28). The first-order valence-electron chi connectivity index (χ1n) is 8.47. The zero-order valence-electron chi connectivity index (χ0n) is 14.6. The Bertz CT molecular complexity index is 1310. The Morgan fingerprint density at radius 1 is 1.04 bits per heavy atom. The number of nitrogens with two attached hydrogens (primary N) is 1. The highest BCUT2D eigenvalue weighted by Crippen LogP contribution is 2.29. The molecule has 0 amide bonds. The van der Waals surface area contributed by atoms with Gasteiger partial charge in [0.25, 0.3) is 5.56 Å². The highest BCUT2D eigenvalue weighted by atomic mass is 19.1. The van der Waals surface area contributed by atoms with Gasteiger partial charge in [-0.2, -0.15) is 10.4 Å². The highest BCUT2D eigenvalue weighted by molar-refractivity contribution is 5.88. The lowest BCUT2D eigenvalue weighted by Gasteiger charge is -2.09. The molecule has 7 heteroatoms. The molecule has 0 aliphatic heterocycles. The molecule has 0 unspecified atom stereocenters. The summed E-state index contributed by atoms with van der Waals surface area (Å²) in [4.78, 5) is 16.2. The molecule has 0 spiro atoms. The number of hydrogen-bond donors (Lipinski definition) is 2. The topological polar surface area (TPSA) is 108 Å². The predicted octanol–water partition coefficient (Wildman–Crippen LogP) is 3.12. The van der Waals surface area contributed by atoms with Crippen LogP contribution in [0.4, 0.5) is 4.39 Å². The quantitative estimate of drug-likeness (QED) is 0.575. The van der Waals surface area contributed by atoms with Crippen molar-refractivity contribution in [1.29, 1.82) is 5.26 Å². The third-order valence-corrected chi connectivity index (χ3v) is 4.55. The number of nitriles is 1. The van der Waals surface area contributed by atoms with Crippen molar-refractivity contribution in [3.05, 3.63) is 82.3 Å². The van der Waals surface area contributed by atoms with E-state index in [2.05, 4.69) is 21.3 Å². The van der Waals surface area contributed by atoms with E-state index in [0.29, 0.717) is 33.2 Å². The minimum absolute atomic E-state index is 0.184. The highest BCUT2D eigenvalue weighted by Gasteiger charge is 2.11. The molecule has 0 atom stereocenters. The molecular formula is C21H14FN5O. The number of H-pyrrole nitrogens is 1. The monoisotopic (exact) mass is 371 g/mol. The summed E-state index contributed by atoms with van der Waals surface area (Å²) < 4.78 is 13.7. The summed E-state index contributed by atoms with van der Waals surface area (Å²) in [5.41, 5.74) is 9.05. The lowest BCUT2D eigenvalue weighted by Crippen LogP contribution is -2.13. The van der Waals surface area contributed by atoms with Gasteiger partial charge in [-0.1, -0.05) is 6.07 Å². The third-order valence-electron chi connectivity index (χ3n) is 4.55. The van der Waals surface area contributed by atoms with Crippen LogP contribution < -0.4 is 11.3 Å². The average Bonchev–Trinajstić information content (AvgIpc) is 2.74. The van der Waals surface area contributed by atoms with Crippen LogP contribution in [0.15, 0.2) is 59.7 Å². The first kappa shape index (κ1) is 17.5. The molecule has 6 nitrogen and oxygen atoms in total. The number of halogens is 1. The smallest absolute Gasteiger partial charge is 0.272 e. The summed E-state index contributed by atoms with van der Waals surface area (Å²) in [5, 5.41) is 16.9. The van der Waals surface area contributed by atoms with Gasteiger partial charge in [0.15, 0.2) is 0 Å². The van der Waals surface area contributed by atoms with Gasteiger partial charge in [-0.25, -0.2) is 9.49 Å². The second-order valence-electron chi connectivity index (χ2n) is 6.23. The zero-order valence-corrected chi connectivity index (χ0v) is 14.6. The molecule has 2 heterocycles. The van der Waals surface area contributed by atoms with Gasteiger partial charge in [0.1, 0.15) is 5.82 Å². The number of nitrogens with zero attached hydrogens (tertiary/aromatic N) is 3. The summed E-state index contributed by atoms with van der Waals surface area (Å²) in [7, 11) is 0. The lowest BCUT2D eigenvalue weighted by molar-refractivity contribution is 0.628. The van der Waals surface area contributed by atoms with Crippen molar-refractivity contribution >= 4 is 10.8 Å². The van der Waals surface area contributed by atoms with Crippen LogP contribution in [-0.2, 0) is 6.54 Å². The molecule has 28 heavy (non-hydrogen) atoms. The first-order valence-corrected chi connectivity index (χ1v) is 8.47. The molecule has 0 bridgehead atoms. The molecule has 0 aliphatic rings. The Morgan fingerprint density at radius 3 is 2.64 bits per heavy atom. The summed E-state index contributed by atoms with van der Waals surface area (Å²) in [6.45, 7) is 0.184. The lowest BCUT2D eigenvalue weighted by atomic mass is 9.97. The van der Waals surface area contributed by atoms with Gasteiger partial charge in [-0.05, 0) is 42.0 Å². The summed E-state index contributed by atoms with van der Waals surface area (Å²) in [5.74, 6) is -0.428. The van der Waals surface area contributed by atoms with Crippen molar-refractivity contribution < 1.29 is 4.39 Å². The van der Waals surface area contributed by atoms with Crippen LogP contribution >= 0.6 is 0 Å². The normalized spacial score (nSPS) is 10.8. The van der Waals surface area contributed by atoms with Crippen molar-refractivity contribution in [1.82, 2.24) is 15.2 Å². The second kappa shape index (κ2) is 7.02. The fourth-order valence-electron chi connectivity index (χ4n) is 3.15. The maximum atomic E-state index is 13.7. The Labute approximate surface area is 159 Å². The fraction of sp³-hybridized carbons (Fsp3) is 0.0476. The van der Waals surface area contributed by atoms with Crippen LogP contribution in [0.1, 0.15) is 11.3 Å². The molecule has 3 N–H and O–H groups in total. The van der Waals surface area contributed by atoms with E-state index >= 15 is 0 Å². The molecular weight excluding hydrogens is 357 g/mol. The Hall–Kier alpha value is -3.89. The van der Waals surface area contributed by atoms with Crippen LogP contribution in [-0.4, -0.2) is 15.2 Å². The van der Waals surface area contributed by atoms with Gasteiger partial charge in [0.05, 0.1) is 22.7 Å². The molecule has 2 aromatic heterocycles. The molecule has 0 aliphatic carbocycles. The Morgan fingerprint density at radius 2 is 1.86 bits per heavy atom. The summed E-state index contributed by atoms with van der Waals surface area (Å²) >= 11 is 0. The number of nitrogens with one attached hydrogen (secondary N) is 1. The van der Waals surface area contributed by atoms with E-state index in [1.54, 1.807) is 24.5 Å². The second-order valence-corrected chi connectivity index (χ2v) is 6.23. The average molecular weight is 371 g/mol. The molecule has 2 aromatic carbocycles. The van der Waals surface area contributed by atoms with Crippen LogP contribution in [0.3, 0.4) is 0 Å². The van der Waals surface area contributed by atoms with Crippen LogP contribution in [0, 0.1) is 17.1 Å². The van der Waals surface area contributed by atoms with E-state index in [0.717, 1.165) is 11.1 Å². The van der Waals surface area contributed by atoms with Crippen LogP contribution in [0.25, 0.3) is 33.0 Å². The molecule has 0 saturated heterocycles. The first-order chi connectivity index (χ1) is 13.6. The maximum absolute atomic E-state index is 13.7. The number of fused-ring (bicyclic) bond motifs is 1. The largest absolute Gasteiger partial charge is 0.325 e. The van der Waals surface area contributed by atoms with Gasteiger partial charge < -0.3 is 5.73 Å². The van der Waals surface area contributed by atoms with Crippen molar-refractivity contribution in [2.24, 2.45) is 5.73 Å². The van der Waals surface area contributed by atoms with E-state index in [1.165, 1.54) is 18.2 Å². The van der Waals surface area contributed by atoms with Crippen molar-refractivity contribution in [2.75, 3.05) is 0 Å². The van der Waals surface area contributed by atoms with Gasteiger partial charge in [0, 0.05) is 41.0 Å². The van der Waals surface area contributed by atoms with Crippen molar-refractivity contribution in [2.45, 2.75) is 6.54 Å². The third kappa shape index (κ3) is 3.02. The molecule has 0 saturated carbocycles. The minimum atomic E-state index is -0.428. The van der Waals surface area contributed by atoms with Gasteiger partial charge in [-0.15, -0.1) is 0 Å². The van der Waals surface area contributed by atoms with E-state index in [9.17, 15) is 14.4 Å². The number of pyridine rings is 1. The van der Waals surface area contributed by atoms with E-state index < -0.39 is 5.82 Å². The molecule has 0 radical (unpaired) electrons. The minimum Gasteiger partial charge on any atom is -0.325 e. The van der Waals surface area contributed by atoms with E-state index in [1.807, 2.05) is 12.1 Å². The van der Waals surface area contributed by atoms with Gasteiger partial charge in [-0.3, -0.25) is 9.78 Å². The Balaban J connectivity index is 1.88. The molecule has 136 valence electrons. The van der Waals surface area contributed by atoms with Crippen LogP contribution in [0.5, 0.6) is 0 Å². The molecule has 4 aromatic rings. The van der Waals surface area contributed by atoms with Gasteiger partial charge in [0.2, 0.25) is 0 Å². The van der Waals surface area contributed by atoms with Crippen molar-refractivity contribution in [3.63, 3.8) is 0 Å². The molecule has 4 rings (SSSR count). The number of aromatic nitrogens is 3. The molecule has 0 fully saturated rings. The number of aromatic amines is 1. The van der Waals surface area contributed by atoms with Crippen LogP contribution in [0.2, 0.25) is 0 Å². The number of rotatable bonds is 3. The maximum Gasteiger partial charge on any atom is 0.272 e. The van der Waals surface area contributed by atoms with Gasteiger partial charge >= 0.3 is 0 Å². The fourth-order valence-corrected chi connectivity index (χ4v) is 3.15. The van der Waals surface area contributed by atoms with Crippen molar-refractivity contribution in [3.8, 4) is 28.3 Å². The Kier molecular flexibility index (Phi) is 4.39. The summed E-state index contributed by atoms with van der Waals surface area (Å²) in [6, 6.07) is 13.2. The SMILES string of the molecule is N#Cc1ccc(F)cc1-c1cncc(-c2ccc3c(=O)[nH]nc(CN)c3c2)c1. The van der Waals surface area contributed by atoms with E-state index in [-0.39, 0.29) is 12.1 Å².